The smallest absolute Gasteiger partial charge is 0.306 e. The summed E-state index contributed by atoms with van der Waals surface area (Å²) in [5.74, 6) is -1.30. The third-order valence-electron chi connectivity index (χ3n) is 5.61. The zero-order chi connectivity index (χ0) is 21.6. The van der Waals surface area contributed by atoms with E-state index in [0.29, 0.717) is 6.42 Å². The van der Waals surface area contributed by atoms with Crippen molar-refractivity contribution in [1.29, 1.82) is 0 Å². The highest BCUT2D eigenvalue weighted by atomic mass is 16.4. The summed E-state index contributed by atoms with van der Waals surface area (Å²) < 4.78 is 0. The summed E-state index contributed by atoms with van der Waals surface area (Å²) in [5.41, 5.74) is 0. The lowest BCUT2D eigenvalue weighted by molar-refractivity contribution is -0.142. The lowest BCUT2D eigenvalue weighted by Crippen LogP contribution is -2.16. The Kier molecular flexibility index (Phi) is 20.4. The average molecular weight is 411 g/mol. The van der Waals surface area contributed by atoms with E-state index < -0.39 is 11.9 Å². The summed E-state index contributed by atoms with van der Waals surface area (Å²) in [6.07, 6.45) is 26.5. The van der Waals surface area contributed by atoms with Gasteiger partial charge in [-0.2, -0.15) is 0 Å². The third-order valence-corrected chi connectivity index (χ3v) is 5.61. The maximum atomic E-state index is 10.4. The minimum absolute atomic E-state index is 0.0289. The number of carbonyl (C=O) groups is 2. The minimum Gasteiger partial charge on any atom is -0.481 e. The molecule has 1 saturated carbocycles. The molecule has 0 amide bonds. The molecule has 4 nitrogen and oxygen atoms in total. The van der Waals surface area contributed by atoms with Gasteiger partial charge in [0.1, 0.15) is 0 Å². The Bertz CT molecular complexity index is 411. The van der Waals surface area contributed by atoms with E-state index in [1.807, 2.05) is 0 Å². The Morgan fingerprint density at radius 2 is 1.21 bits per heavy atom. The number of hydrogen-bond donors (Lipinski definition) is 2. The number of carboxylic acid groups (broad SMARTS) is 2. The second-order valence-electron chi connectivity index (χ2n) is 8.40. The Balaban J connectivity index is 0.000000717. The molecule has 0 aromatic rings. The highest BCUT2D eigenvalue weighted by Gasteiger charge is 2.19. The predicted molar refractivity (Wildman–Crippen MR) is 121 cm³/mol. The van der Waals surface area contributed by atoms with Gasteiger partial charge in [-0.3, -0.25) is 9.59 Å². The summed E-state index contributed by atoms with van der Waals surface area (Å²) in [5, 5.41) is 17.0. The zero-order valence-electron chi connectivity index (χ0n) is 18.9. The van der Waals surface area contributed by atoms with Crippen molar-refractivity contribution in [3.63, 3.8) is 0 Å². The summed E-state index contributed by atoms with van der Waals surface area (Å²) in [4.78, 5) is 20.7. The standard InChI is InChI=1S/C18H34O2.C7H12O2/c1-2-3-4-5-6-7-8-9-10-11-12-13-14-15-16-17-18(19)20;8-7(9)6-4-2-1-3-5-6/h9-10H,2-8,11-17H2,1H3,(H,19,20);6H,1-5H2,(H,8,9). The van der Waals surface area contributed by atoms with Gasteiger partial charge in [0.05, 0.1) is 5.92 Å². The van der Waals surface area contributed by atoms with E-state index in [1.165, 1.54) is 77.0 Å². The second-order valence-corrected chi connectivity index (χ2v) is 8.40. The van der Waals surface area contributed by atoms with Crippen LogP contribution in [0.5, 0.6) is 0 Å². The number of unbranched alkanes of at least 4 members (excludes halogenated alkanes) is 11. The van der Waals surface area contributed by atoms with Crippen molar-refractivity contribution >= 4 is 11.9 Å². The molecule has 0 atom stereocenters. The molecule has 0 saturated heterocycles. The predicted octanol–water partition coefficient (Wildman–Crippen LogP) is 7.76. The first-order chi connectivity index (χ1) is 14.1. The Labute approximate surface area is 179 Å². The van der Waals surface area contributed by atoms with Gasteiger partial charge in [-0.25, -0.2) is 0 Å². The number of aliphatic carboxylic acids is 2. The highest BCUT2D eigenvalue weighted by Crippen LogP contribution is 2.23. The van der Waals surface area contributed by atoms with Crippen LogP contribution >= 0.6 is 0 Å². The van der Waals surface area contributed by atoms with E-state index in [2.05, 4.69) is 19.1 Å². The minimum atomic E-state index is -0.664. The summed E-state index contributed by atoms with van der Waals surface area (Å²) in [6.45, 7) is 2.26. The maximum Gasteiger partial charge on any atom is 0.306 e. The molecule has 29 heavy (non-hydrogen) atoms. The van der Waals surface area contributed by atoms with E-state index >= 15 is 0 Å². The fourth-order valence-corrected chi connectivity index (χ4v) is 3.70. The van der Waals surface area contributed by atoms with Crippen LogP contribution in [0, 0.1) is 5.92 Å². The molecular weight excluding hydrogens is 364 g/mol. The first-order valence-corrected chi connectivity index (χ1v) is 12.2. The van der Waals surface area contributed by atoms with Crippen molar-refractivity contribution in [2.75, 3.05) is 0 Å². The van der Waals surface area contributed by atoms with Crippen molar-refractivity contribution in [1.82, 2.24) is 0 Å². The van der Waals surface area contributed by atoms with Gasteiger partial charge in [-0.05, 0) is 44.9 Å². The van der Waals surface area contributed by atoms with Crippen LogP contribution in [-0.4, -0.2) is 22.2 Å². The molecule has 0 aliphatic heterocycles. The first-order valence-electron chi connectivity index (χ1n) is 12.2. The number of carboxylic acids is 2. The molecule has 1 aliphatic rings. The molecule has 0 unspecified atom stereocenters. The molecule has 1 rings (SSSR count). The Morgan fingerprint density at radius 3 is 1.66 bits per heavy atom. The van der Waals surface area contributed by atoms with Crippen molar-refractivity contribution in [3.05, 3.63) is 12.2 Å². The van der Waals surface area contributed by atoms with E-state index in [9.17, 15) is 9.59 Å². The van der Waals surface area contributed by atoms with Crippen LogP contribution < -0.4 is 0 Å². The third kappa shape index (κ3) is 21.2. The molecular formula is C25H46O4. The SMILES string of the molecule is CCCCCCCCC=CCCCCCCCC(=O)O.O=C(O)C1CCCCC1. The van der Waals surface area contributed by atoms with Gasteiger partial charge in [0.2, 0.25) is 0 Å². The molecule has 1 aliphatic carbocycles. The molecule has 0 radical (unpaired) electrons. The molecule has 0 heterocycles. The van der Waals surface area contributed by atoms with E-state index in [4.69, 9.17) is 10.2 Å². The quantitative estimate of drug-likeness (QED) is 0.201. The lowest BCUT2D eigenvalue weighted by atomic mass is 9.90. The topological polar surface area (TPSA) is 74.6 Å². The summed E-state index contributed by atoms with van der Waals surface area (Å²) >= 11 is 0. The van der Waals surface area contributed by atoms with Gasteiger partial charge in [-0.15, -0.1) is 0 Å². The molecule has 0 aromatic carbocycles. The van der Waals surface area contributed by atoms with Gasteiger partial charge >= 0.3 is 11.9 Å². The van der Waals surface area contributed by atoms with Crippen LogP contribution in [0.3, 0.4) is 0 Å². The van der Waals surface area contributed by atoms with Crippen molar-refractivity contribution in [2.45, 2.75) is 129 Å². The van der Waals surface area contributed by atoms with Crippen LogP contribution in [-0.2, 0) is 9.59 Å². The summed E-state index contributed by atoms with van der Waals surface area (Å²) in [7, 11) is 0. The molecule has 170 valence electrons. The Morgan fingerprint density at radius 1 is 0.724 bits per heavy atom. The van der Waals surface area contributed by atoms with Gasteiger partial charge in [0, 0.05) is 6.42 Å². The lowest BCUT2D eigenvalue weighted by Gasteiger charge is -2.16. The largest absolute Gasteiger partial charge is 0.481 e. The molecule has 0 aromatic heterocycles. The molecule has 0 spiro atoms. The number of allylic oxidation sites excluding steroid dienone is 2. The monoisotopic (exact) mass is 410 g/mol. The zero-order valence-corrected chi connectivity index (χ0v) is 18.9. The normalized spacial score (nSPS) is 14.5. The van der Waals surface area contributed by atoms with Crippen molar-refractivity contribution < 1.29 is 19.8 Å². The van der Waals surface area contributed by atoms with Gasteiger partial charge in [0.25, 0.3) is 0 Å². The van der Waals surface area contributed by atoms with E-state index in [0.717, 1.165) is 38.5 Å². The Hall–Kier alpha value is -1.32. The van der Waals surface area contributed by atoms with Crippen molar-refractivity contribution in [3.8, 4) is 0 Å². The molecule has 1 fully saturated rings. The first kappa shape index (κ1) is 27.7. The molecule has 0 bridgehead atoms. The fraction of sp³-hybridized carbons (Fsp3) is 0.840. The van der Waals surface area contributed by atoms with Gasteiger partial charge < -0.3 is 10.2 Å². The molecule has 2 N–H and O–H groups in total. The van der Waals surface area contributed by atoms with E-state index in [-0.39, 0.29) is 5.92 Å². The number of hydrogen-bond acceptors (Lipinski definition) is 2. The van der Waals surface area contributed by atoms with Crippen LogP contribution in [0.15, 0.2) is 12.2 Å². The number of rotatable bonds is 16. The van der Waals surface area contributed by atoms with E-state index in [1.54, 1.807) is 0 Å². The highest BCUT2D eigenvalue weighted by molar-refractivity contribution is 5.69. The fourth-order valence-electron chi connectivity index (χ4n) is 3.70. The van der Waals surface area contributed by atoms with Crippen LogP contribution in [0.4, 0.5) is 0 Å². The summed E-state index contributed by atoms with van der Waals surface area (Å²) in [6, 6.07) is 0. The second kappa shape index (κ2) is 21.4. The maximum absolute atomic E-state index is 10.4. The van der Waals surface area contributed by atoms with Crippen LogP contribution in [0.25, 0.3) is 0 Å². The van der Waals surface area contributed by atoms with Crippen LogP contribution in [0.2, 0.25) is 0 Å². The van der Waals surface area contributed by atoms with Crippen LogP contribution in [0.1, 0.15) is 129 Å². The van der Waals surface area contributed by atoms with Crippen molar-refractivity contribution in [2.24, 2.45) is 5.92 Å². The average Bonchev–Trinajstić information content (AvgIpc) is 2.72. The van der Waals surface area contributed by atoms with Gasteiger partial charge in [0.15, 0.2) is 0 Å². The van der Waals surface area contributed by atoms with Gasteiger partial charge in [-0.1, -0.05) is 89.7 Å². The molecule has 4 heteroatoms.